The van der Waals surface area contributed by atoms with Crippen molar-refractivity contribution < 1.29 is 0 Å². The second kappa shape index (κ2) is 8.71. The van der Waals surface area contributed by atoms with Crippen molar-refractivity contribution in [3.8, 4) is 0 Å². The first-order valence-corrected chi connectivity index (χ1v) is 15.2. The van der Waals surface area contributed by atoms with Crippen LogP contribution in [0.1, 0.15) is 82.3 Å². The van der Waals surface area contributed by atoms with Gasteiger partial charge in [0.2, 0.25) is 0 Å². The third-order valence-corrected chi connectivity index (χ3v) is 13.6. The van der Waals surface area contributed by atoms with Crippen molar-refractivity contribution in [2.24, 2.45) is 17.8 Å². The SMILES string of the molecule is Cc1c(C)c(C)c2c(C3C(C)C(C)C(C)C4SNSC43)c3c(C)c(C)c(C)c(C)c3c(C)c2c1C. The fourth-order valence-electron chi connectivity index (χ4n) is 7.61. The second-order valence-electron chi connectivity index (χ2n) is 11.9. The largest absolute Gasteiger partial charge is 0.207 e. The van der Waals surface area contributed by atoms with Crippen LogP contribution >= 0.6 is 23.9 Å². The van der Waals surface area contributed by atoms with Crippen LogP contribution in [0.15, 0.2) is 0 Å². The number of nitrogens with one attached hydrogen (secondary N) is 1. The molecule has 0 spiro atoms. The predicted octanol–water partition coefficient (Wildman–Crippen LogP) is 9.41. The monoisotopic (exact) mass is 505 g/mol. The van der Waals surface area contributed by atoms with E-state index in [4.69, 9.17) is 0 Å². The predicted molar refractivity (Wildman–Crippen MR) is 160 cm³/mol. The molecule has 0 aromatic heterocycles. The van der Waals surface area contributed by atoms with Crippen LogP contribution in [0.3, 0.4) is 0 Å². The molecule has 0 amide bonds. The zero-order chi connectivity index (χ0) is 25.7. The maximum absolute atomic E-state index is 3.67. The van der Waals surface area contributed by atoms with Gasteiger partial charge in [0.1, 0.15) is 0 Å². The quantitative estimate of drug-likeness (QED) is 0.261. The van der Waals surface area contributed by atoms with Gasteiger partial charge in [-0.25, -0.2) is 4.13 Å². The van der Waals surface area contributed by atoms with Gasteiger partial charge in [-0.05, 0) is 157 Å². The first-order valence-electron chi connectivity index (χ1n) is 13.4. The van der Waals surface area contributed by atoms with Gasteiger partial charge in [-0.1, -0.05) is 44.7 Å². The first kappa shape index (κ1) is 25.5. The van der Waals surface area contributed by atoms with Crippen LogP contribution in [0.2, 0.25) is 0 Å². The van der Waals surface area contributed by atoms with E-state index in [-0.39, 0.29) is 0 Å². The van der Waals surface area contributed by atoms with E-state index in [2.05, 4.69) is 87.2 Å². The summed E-state index contributed by atoms with van der Waals surface area (Å²) in [5.41, 5.74) is 15.0. The molecule has 5 rings (SSSR count). The van der Waals surface area contributed by atoms with Crippen LogP contribution in [0.5, 0.6) is 0 Å². The Labute approximate surface area is 221 Å². The minimum atomic E-state index is 0.532. The molecule has 188 valence electrons. The van der Waals surface area contributed by atoms with Gasteiger partial charge in [0.15, 0.2) is 0 Å². The van der Waals surface area contributed by atoms with Gasteiger partial charge >= 0.3 is 0 Å². The molecule has 6 unspecified atom stereocenters. The van der Waals surface area contributed by atoms with Crippen molar-refractivity contribution in [3.05, 3.63) is 55.6 Å². The zero-order valence-electron chi connectivity index (χ0n) is 23.8. The normalized spacial score (nSPS) is 28.8. The molecular formula is C32H43NS2. The van der Waals surface area contributed by atoms with Crippen LogP contribution in [-0.2, 0) is 0 Å². The molecule has 1 N–H and O–H groups in total. The van der Waals surface area contributed by atoms with Crippen molar-refractivity contribution in [3.63, 3.8) is 0 Å². The van der Waals surface area contributed by atoms with E-state index in [1.54, 1.807) is 16.3 Å². The molecule has 2 aliphatic rings. The van der Waals surface area contributed by atoms with E-state index in [0.717, 1.165) is 5.92 Å². The van der Waals surface area contributed by atoms with E-state index < -0.39 is 0 Å². The van der Waals surface area contributed by atoms with Crippen LogP contribution < -0.4 is 4.13 Å². The van der Waals surface area contributed by atoms with E-state index in [1.807, 2.05) is 23.9 Å². The minimum absolute atomic E-state index is 0.532. The van der Waals surface area contributed by atoms with Crippen LogP contribution in [-0.4, -0.2) is 10.5 Å². The first-order chi connectivity index (χ1) is 16.4. The average molecular weight is 506 g/mol. The fraction of sp³-hybridized carbons (Fsp3) is 0.562. The van der Waals surface area contributed by atoms with Crippen molar-refractivity contribution in [1.82, 2.24) is 4.13 Å². The Morgan fingerprint density at radius 1 is 0.429 bits per heavy atom. The van der Waals surface area contributed by atoms with Gasteiger partial charge in [0.25, 0.3) is 0 Å². The summed E-state index contributed by atoms with van der Waals surface area (Å²) in [5.74, 6) is 2.59. The minimum Gasteiger partial charge on any atom is -0.207 e. The molecule has 1 saturated carbocycles. The summed E-state index contributed by atoms with van der Waals surface area (Å²) >= 11 is 4.00. The van der Waals surface area contributed by atoms with Crippen LogP contribution in [0.4, 0.5) is 0 Å². The molecule has 3 heteroatoms. The molecule has 0 bridgehead atoms. The summed E-state index contributed by atoms with van der Waals surface area (Å²) in [6.45, 7) is 28.8. The number of hydrogen-bond donors (Lipinski definition) is 1. The molecule has 0 radical (unpaired) electrons. The van der Waals surface area contributed by atoms with E-state index >= 15 is 0 Å². The summed E-state index contributed by atoms with van der Waals surface area (Å²) in [6, 6.07) is 0. The molecule has 1 aliphatic heterocycles. The summed E-state index contributed by atoms with van der Waals surface area (Å²) in [5, 5.41) is 7.43. The van der Waals surface area contributed by atoms with Gasteiger partial charge in [-0.15, -0.1) is 0 Å². The average Bonchev–Trinajstić information content (AvgIpc) is 3.32. The Morgan fingerprint density at radius 2 is 0.829 bits per heavy atom. The highest BCUT2D eigenvalue weighted by Crippen LogP contribution is 2.58. The summed E-state index contributed by atoms with van der Waals surface area (Å²) in [4.78, 5) is 0. The lowest BCUT2D eigenvalue weighted by atomic mass is 9.63. The highest BCUT2D eigenvalue weighted by atomic mass is 32.2. The highest BCUT2D eigenvalue weighted by Gasteiger charge is 2.50. The lowest BCUT2D eigenvalue weighted by Crippen LogP contribution is -2.44. The third kappa shape index (κ3) is 3.33. The molecule has 3 aromatic rings. The molecule has 1 aliphatic carbocycles. The topological polar surface area (TPSA) is 12.0 Å². The number of hydrogen-bond acceptors (Lipinski definition) is 3. The molecule has 1 heterocycles. The molecule has 35 heavy (non-hydrogen) atoms. The summed E-state index contributed by atoms with van der Waals surface area (Å²) < 4.78 is 3.67. The zero-order valence-corrected chi connectivity index (χ0v) is 25.4. The van der Waals surface area contributed by atoms with Gasteiger partial charge in [-0.3, -0.25) is 0 Å². The van der Waals surface area contributed by atoms with E-state index in [0.29, 0.717) is 28.3 Å². The van der Waals surface area contributed by atoms with Crippen molar-refractivity contribution >= 4 is 45.4 Å². The van der Waals surface area contributed by atoms with Crippen molar-refractivity contribution in [2.75, 3.05) is 0 Å². The third-order valence-electron chi connectivity index (χ3n) is 10.8. The molecule has 2 fully saturated rings. The Hall–Kier alpha value is -1.16. The lowest BCUT2D eigenvalue weighted by Gasteiger charge is -2.46. The molecular weight excluding hydrogens is 462 g/mol. The molecule has 6 atom stereocenters. The van der Waals surface area contributed by atoms with E-state index in [1.165, 1.54) is 60.8 Å². The van der Waals surface area contributed by atoms with E-state index in [9.17, 15) is 0 Å². The van der Waals surface area contributed by atoms with Gasteiger partial charge in [0, 0.05) is 16.4 Å². The molecule has 1 saturated heterocycles. The smallest absolute Gasteiger partial charge is 0.0407 e. The number of aryl methyl sites for hydroxylation is 5. The maximum Gasteiger partial charge on any atom is 0.0407 e. The van der Waals surface area contributed by atoms with Crippen LogP contribution in [0.25, 0.3) is 21.5 Å². The van der Waals surface area contributed by atoms with Gasteiger partial charge < -0.3 is 0 Å². The van der Waals surface area contributed by atoms with Gasteiger partial charge in [0.05, 0.1) is 0 Å². The number of benzene rings is 3. The Morgan fingerprint density at radius 3 is 1.29 bits per heavy atom. The molecule has 1 nitrogen and oxygen atoms in total. The van der Waals surface area contributed by atoms with Crippen molar-refractivity contribution in [2.45, 2.75) is 99.5 Å². The Bertz CT molecular complexity index is 1300. The number of rotatable bonds is 1. The Kier molecular flexibility index (Phi) is 6.34. The van der Waals surface area contributed by atoms with Crippen LogP contribution in [0, 0.1) is 80.1 Å². The fourth-order valence-corrected chi connectivity index (χ4v) is 10.7. The second-order valence-corrected chi connectivity index (χ2v) is 14.1. The Balaban J connectivity index is 2.07. The van der Waals surface area contributed by atoms with Crippen molar-refractivity contribution in [1.29, 1.82) is 0 Å². The lowest BCUT2D eigenvalue weighted by molar-refractivity contribution is 0.184. The number of fused-ring (bicyclic) bond motifs is 3. The summed E-state index contributed by atoms with van der Waals surface area (Å²) in [7, 11) is 0. The highest BCUT2D eigenvalue weighted by molar-refractivity contribution is 8.16. The summed E-state index contributed by atoms with van der Waals surface area (Å²) in [6.07, 6.45) is 0. The maximum atomic E-state index is 3.67. The standard InChI is InChI=1S/C32H43NS2/c1-13-15(3)20(8)27-25(18(13)6)24(12)26-19(7)14(2)16(4)21(9)28(26)30(27)29-22(10)17(5)23(11)31-32(29)35-33-34-31/h17,22-23,29,31-33H,1-12H3. The molecule has 3 aromatic carbocycles. The van der Waals surface area contributed by atoms with Gasteiger partial charge in [-0.2, -0.15) is 0 Å².